The molecule has 1 saturated heterocycles. The van der Waals surface area contributed by atoms with Gasteiger partial charge in [-0.1, -0.05) is 61.0 Å². The normalized spacial score (nSPS) is 19.0. The molecule has 0 bridgehead atoms. The molecule has 0 saturated carbocycles. The summed E-state index contributed by atoms with van der Waals surface area (Å²) >= 11 is 6.32. The van der Waals surface area contributed by atoms with Gasteiger partial charge in [-0.05, 0) is 23.1 Å². The molecule has 2 atom stereocenters. The molecule has 3 rings (SSSR count). The molecule has 4 nitrogen and oxygen atoms in total. The van der Waals surface area contributed by atoms with Crippen LogP contribution in [0.1, 0.15) is 35.6 Å². The summed E-state index contributed by atoms with van der Waals surface area (Å²) in [5, 5.41) is 0.744. The predicted octanol–water partition coefficient (Wildman–Crippen LogP) is 4.48. The van der Waals surface area contributed by atoms with Gasteiger partial charge < -0.3 is 4.74 Å². The summed E-state index contributed by atoms with van der Waals surface area (Å²) in [5.41, 5.74) is 3.30. The Bertz CT molecular complexity index is 871. The highest BCUT2D eigenvalue weighted by molar-refractivity contribution is 7.90. The van der Waals surface area contributed by atoms with E-state index in [9.17, 15) is 8.42 Å². The molecule has 2 aromatic carbocycles. The Morgan fingerprint density at radius 3 is 2.50 bits per heavy atom. The zero-order valence-electron chi connectivity index (χ0n) is 16.2. The van der Waals surface area contributed by atoms with Crippen molar-refractivity contribution in [3.05, 3.63) is 70.2 Å². The highest BCUT2D eigenvalue weighted by atomic mass is 35.5. The van der Waals surface area contributed by atoms with Crippen molar-refractivity contribution in [3.8, 4) is 0 Å². The number of benzene rings is 2. The highest BCUT2D eigenvalue weighted by Gasteiger charge is 2.23. The molecule has 0 N–H and O–H groups in total. The summed E-state index contributed by atoms with van der Waals surface area (Å²) in [6, 6.07) is 16.1. The van der Waals surface area contributed by atoms with E-state index in [2.05, 4.69) is 17.0 Å². The van der Waals surface area contributed by atoms with E-state index < -0.39 is 9.84 Å². The lowest BCUT2D eigenvalue weighted by atomic mass is 10.0. The number of halogens is 2. The van der Waals surface area contributed by atoms with Gasteiger partial charge in [0, 0.05) is 36.5 Å². The topological polar surface area (TPSA) is 46.6 Å². The first-order valence-electron chi connectivity index (χ1n) is 9.17. The molecule has 0 radical (unpaired) electrons. The van der Waals surface area contributed by atoms with Crippen LogP contribution in [-0.2, 0) is 21.1 Å². The number of sulfone groups is 1. The van der Waals surface area contributed by atoms with Crippen LogP contribution < -0.4 is 0 Å². The van der Waals surface area contributed by atoms with Crippen molar-refractivity contribution in [3.63, 3.8) is 0 Å². The van der Waals surface area contributed by atoms with Gasteiger partial charge in [-0.25, -0.2) is 8.42 Å². The molecule has 1 fully saturated rings. The fourth-order valence-electron chi connectivity index (χ4n) is 3.53. The van der Waals surface area contributed by atoms with Gasteiger partial charge >= 0.3 is 0 Å². The van der Waals surface area contributed by atoms with Crippen LogP contribution in [0.25, 0.3) is 0 Å². The Labute approximate surface area is 179 Å². The lowest BCUT2D eigenvalue weighted by molar-refractivity contribution is -0.0328. The number of rotatable bonds is 6. The lowest BCUT2D eigenvalue weighted by Gasteiger charge is -2.33. The summed E-state index contributed by atoms with van der Waals surface area (Å²) in [6.45, 7) is 5.15. The number of hydrogen-bond acceptors (Lipinski definition) is 4. The SMILES string of the molecule is C[C@@H](CS(C)(=O)=O)c1ccc(CN2CCOC(c3ccccc3Cl)C2)cc1.Cl. The maximum absolute atomic E-state index is 11.5. The van der Waals surface area contributed by atoms with E-state index in [1.165, 1.54) is 11.8 Å². The maximum atomic E-state index is 11.5. The summed E-state index contributed by atoms with van der Waals surface area (Å²) < 4.78 is 28.9. The van der Waals surface area contributed by atoms with Crippen LogP contribution in [0.5, 0.6) is 0 Å². The summed E-state index contributed by atoms with van der Waals surface area (Å²) in [4.78, 5) is 2.37. The second-order valence-electron chi connectivity index (χ2n) is 7.35. The molecule has 0 aromatic heterocycles. The predicted molar refractivity (Wildman–Crippen MR) is 117 cm³/mol. The molecule has 0 amide bonds. The third-order valence-corrected chi connectivity index (χ3v) is 6.36. The van der Waals surface area contributed by atoms with Crippen molar-refractivity contribution in [2.45, 2.75) is 25.5 Å². The van der Waals surface area contributed by atoms with E-state index in [-0.39, 0.29) is 30.2 Å². The largest absolute Gasteiger partial charge is 0.371 e. The van der Waals surface area contributed by atoms with Crippen LogP contribution in [0, 0.1) is 0 Å². The van der Waals surface area contributed by atoms with Crippen molar-refractivity contribution in [2.75, 3.05) is 31.7 Å². The Hall–Kier alpha value is -1.11. The van der Waals surface area contributed by atoms with E-state index in [4.69, 9.17) is 16.3 Å². The Morgan fingerprint density at radius 1 is 1.18 bits per heavy atom. The fraction of sp³-hybridized carbons (Fsp3) is 0.429. The third-order valence-electron chi connectivity index (χ3n) is 4.91. The van der Waals surface area contributed by atoms with Gasteiger partial charge in [0.15, 0.2) is 0 Å². The molecule has 7 heteroatoms. The van der Waals surface area contributed by atoms with Gasteiger partial charge in [-0.2, -0.15) is 0 Å². The van der Waals surface area contributed by atoms with Gasteiger partial charge in [0.25, 0.3) is 0 Å². The van der Waals surface area contributed by atoms with E-state index in [0.29, 0.717) is 6.61 Å². The van der Waals surface area contributed by atoms with Gasteiger partial charge in [0.1, 0.15) is 9.84 Å². The third kappa shape index (κ3) is 6.46. The molecule has 28 heavy (non-hydrogen) atoms. The van der Waals surface area contributed by atoms with Gasteiger partial charge in [-0.3, -0.25) is 4.90 Å². The second kappa shape index (κ2) is 10.1. The first-order chi connectivity index (χ1) is 12.8. The molecule has 1 aliphatic rings. The average Bonchev–Trinajstić information content (AvgIpc) is 2.61. The number of nitrogens with zero attached hydrogens (tertiary/aromatic N) is 1. The molecular weight excluding hydrogens is 417 g/mol. The van der Waals surface area contributed by atoms with Crippen molar-refractivity contribution >= 4 is 33.8 Å². The maximum Gasteiger partial charge on any atom is 0.148 e. The van der Waals surface area contributed by atoms with Gasteiger partial charge in [0.2, 0.25) is 0 Å². The number of morpholine rings is 1. The highest BCUT2D eigenvalue weighted by Crippen LogP contribution is 2.29. The van der Waals surface area contributed by atoms with Crippen LogP contribution in [0.3, 0.4) is 0 Å². The van der Waals surface area contributed by atoms with E-state index in [0.717, 1.165) is 35.8 Å². The minimum absolute atomic E-state index is 0. The quantitative estimate of drug-likeness (QED) is 0.659. The minimum atomic E-state index is -2.97. The van der Waals surface area contributed by atoms with Crippen molar-refractivity contribution < 1.29 is 13.2 Å². The summed E-state index contributed by atoms with van der Waals surface area (Å²) in [6.07, 6.45) is 1.27. The molecule has 2 aromatic rings. The van der Waals surface area contributed by atoms with Crippen molar-refractivity contribution in [1.29, 1.82) is 0 Å². The van der Waals surface area contributed by atoms with Crippen LogP contribution in [0.15, 0.2) is 48.5 Å². The molecule has 0 aliphatic carbocycles. The van der Waals surface area contributed by atoms with E-state index in [1.54, 1.807) is 0 Å². The van der Waals surface area contributed by atoms with Crippen LogP contribution in [-0.4, -0.2) is 45.0 Å². The van der Waals surface area contributed by atoms with Crippen LogP contribution in [0.2, 0.25) is 5.02 Å². The Balaban J connectivity index is 0.00000280. The van der Waals surface area contributed by atoms with Crippen molar-refractivity contribution in [1.82, 2.24) is 4.90 Å². The summed E-state index contributed by atoms with van der Waals surface area (Å²) in [5.74, 6) is 0.178. The van der Waals surface area contributed by atoms with Crippen LogP contribution >= 0.6 is 24.0 Å². The first-order valence-corrected chi connectivity index (χ1v) is 11.6. The Morgan fingerprint density at radius 2 is 1.86 bits per heavy atom. The van der Waals surface area contributed by atoms with Gasteiger partial charge in [-0.15, -0.1) is 12.4 Å². The fourth-order valence-corrected chi connectivity index (χ4v) is 4.89. The van der Waals surface area contributed by atoms with Crippen molar-refractivity contribution in [2.24, 2.45) is 0 Å². The lowest BCUT2D eigenvalue weighted by Crippen LogP contribution is -2.37. The molecule has 1 unspecified atom stereocenters. The van der Waals surface area contributed by atoms with Gasteiger partial charge in [0.05, 0.1) is 18.5 Å². The molecular formula is C21H27Cl2NO3S. The zero-order valence-corrected chi connectivity index (χ0v) is 18.6. The second-order valence-corrected chi connectivity index (χ2v) is 9.94. The van der Waals surface area contributed by atoms with E-state index in [1.807, 2.05) is 43.3 Å². The standard InChI is InChI=1S/C21H26ClNO3S.ClH/c1-16(15-27(2,24)25)18-9-7-17(8-10-18)13-23-11-12-26-21(14-23)19-5-3-4-6-20(19)22;/h3-10,16,21H,11-15H2,1-2H3;1H/t16-,21?;/m0./s1. The molecule has 154 valence electrons. The smallest absolute Gasteiger partial charge is 0.148 e. The Kier molecular flexibility index (Phi) is 8.34. The van der Waals surface area contributed by atoms with Crippen LogP contribution in [0.4, 0.5) is 0 Å². The summed E-state index contributed by atoms with van der Waals surface area (Å²) in [7, 11) is -2.97. The molecule has 0 spiro atoms. The number of ether oxygens (including phenoxy) is 1. The average molecular weight is 444 g/mol. The molecule has 1 aliphatic heterocycles. The first kappa shape index (κ1) is 23.2. The number of hydrogen-bond donors (Lipinski definition) is 0. The minimum Gasteiger partial charge on any atom is -0.371 e. The monoisotopic (exact) mass is 443 g/mol. The van der Waals surface area contributed by atoms with E-state index >= 15 is 0 Å². The molecule has 1 heterocycles. The zero-order chi connectivity index (χ0) is 19.4.